The molecule has 1 N–H and O–H groups in total. The van der Waals surface area contributed by atoms with E-state index in [9.17, 15) is 9.59 Å². The molecule has 1 saturated heterocycles. The van der Waals surface area contributed by atoms with Gasteiger partial charge in [-0.2, -0.15) is 0 Å². The van der Waals surface area contributed by atoms with Crippen LogP contribution in [0, 0.1) is 6.92 Å². The molecule has 7 nitrogen and oxygen atoms in total. The van der Waals surface area contributed by atoms with Gasteiger partial charge in [0.05, 0.1) is 0 Å². The molecule has 1 aliphatic rings. The van der Waals surface area contributed by atoms with Crippen molar-refractivity contribution >= 4 is 17.6 Å². The maximum atomic E-state index is 12.8. The van der Waals surface area contributed by atoms with Crippen LogP contribution in [0.15, 0.2) is 36.4 Å². The van der Waals surface area contributed by atoms with Crippen LogP contribution in [-0.4, -0.2) is 64.3 Å². The van der Waals surface area contributed by atoms with Crippen LogP contribution in [0.2, 0.25) is 0 Å². The van der Waals surface area contributed by atoms with Gasteiger partial charge in [0, 0.05) is 45.7 Å². The fourth-order valence-corrected chi connectivity index (χ4v) is 3.31. The third-order valence-corrected chi connectivity index (χ3v) is 4.86. The summed E-state index contributed by atoms with van der Waals surface area (Å²) in [7, 11) is 0. The quantitative estimate of drug-likeness (QED) is 0.776. The van der Waals surface area contributed by atoms with E-state index in [0.29, 0.717) is 43.5 Å². The molecule has 148 valence electrons. The first-order valence-electron chi connectivity index (χ1n) is 9.71. The number of carbonyl (C=O) groups is 2. The van der Waals surface area contributed by atoms with Crippen molar-refractivity contribution in [1.82, 2.24) is 19.8 Å². The van der Waals surface area contributed by atoms with Crippen molar-refractivity contribution in [2.45, 2.75) is 26.7 Å². The van der Waals surface area contributed by atoms with E-state index < -0.39 is 0 Å². The van der Waals surface area contributed by atoms with Crippen LogP contribution in [-0.2, 0) is 11.2 Å². The summed E-state index contributed by atoms with van der Waals surface area (Å²) in [6.45, 7) is 6.31. The molecule has 7 heteroatoms. The van der Waals surface area contributed by atoms with Crippen LogP contribution in [0.25, 0.3) is 0 Å². The number of benzene rings is 1. The van der Waals surface area contributed by atoms with E-state index in [1.165, 1.54) is 5.56 Å². The third kappa shape index (κ3) is 5.28. The summed E-state index contributed by atoms with van der Waals surface area (Å²) in [5.41, 5.74) is 1.71. The second-order valence-electron chi connectivity index (χ2n) is 7.00. The van der Waals surface area contributed by atoms with Gasteiger partial charge in [0.15, 0.2) is 0 Å². The molecule has 1 aromatic heterocycles. The molecule has 0 radical (unpaired) electrons. The first-order valence-corrected chi connectivity index (χ1v) is 9.71. The Hall–Kier alpha value is -2.96. The largest absolute Gasteiger partial charge is 0.370 e. The maximum Gasteiger partial charge on any atom is 0.272 e. The molecule has 0 aliphatic carbocycles. The Morgan fingerprint density at radius 1 is 1.04 bits per heavy atom. The highest BCUT2D eigenvalue weighted by Crippen LogP contribution is 2.12. The second-order valence-corrected chi connectivity index (χ2v) is 7.00. The molecular formula is C21H27N5O2. The number of aromatic nitrogens is 2. The van der Waals surface area contributed by atoms with E-state index >= 15 is 0 Å². The van der Waals surface area contributed by atoms with E-state index in [1.54, 1.807) is 29.7 Å². The van der Waals surface area contributed by atoms with E-state index in [2.05, 4.69) is 27.4 Å². The Kier molecular flexibility index (Phi) is 6.57. The molecule has 1 fully saturated rings. The van der Waals surface area contributed by atoms with Gasteiger partial charge in [-0.25, -0.2) is 9.97 Å². The molecule has 0 unspecified atom stereocenters. The lowest BCUT2D eigenvalue weighted by atomic mass is 10.1. The highest BCUT2D eigenvalue weighted by Gasteiger charge is 2.24. The van der Waals surface area contributed by atoms with Crippen LogP contribution in [0.1, 0.15) is 35.2 Å². The molecule has 0 bridgehead atoms. The highest BCUT2D eigenvalue weighted by atomic mass is 16.2. The first kappa shape index (κ1) is 19.8. The first-order chi connectivity index (χ1) is 13.5. The van der Waals surface area contributed by atoms with Crippen LogP contribution < -0.4 is 5.32 Å². The lowest BCUT2D eigenvalue weighted by Gasteiger charge is -2.34. The average Bonchev–Trinajstić information content (AvgIpc) is 2.71. The van der Waals surface area contributed by atoms with Crippen LogP contribution in [0.4, 0.5) is 5.82 Å². The van der Waals surface area contributed by atoms with Gasteiger partial charge in [0.2, 0.25) is 5.91 Å². The number of piperazine rings is 1. The van der Waals surface area contributed by atoms with Gasteiger partial charge in [0.25, 0.3) is 5.91 Å². The topological polar surface area (TPSA) is 78.4 Å². The Morgan fingerprint density at radius 2 is 1.71 bits per heavy atom. The monoisotopic (exact) mass is 381 g/mol. The number of carbonyl (C=O) groups excluding carboxylic acids is 2. The molecule has 2 heterocycles. The van der Waals surface area contributed by atoms with Crippen molar-refractivity contribution in [2.24, 2.45) is 0 Å². The summed E-state index contributed by atoms with van der Waals surface area (Å²) in [6.07, 6.45) is 1.97. The fourth-order valence-electron chi connectivity index (χ4n) is 3.31. The van der Waals surface area contributed by atoms with Gasteiger partial charge in [-0.05, 0) is 25.3 Å². The summed E-state index contributed by atoms with van der Waals surface area (Å²) in [5, 5.41) is 3.30. The Bertz CT molecular complexity index is 817. The number of nitrogens with zero attached hydrogens (tertiary/aromatic N) is 4. The van der Waals surface area contributed by atoms with Crippen molar-refractivity contribution in [3.8, 4) is 0 Å². The van der Waals surface area contributed by atoms with Crippen LogP contribution in [0.3, 0.4) is 0 Å². The molecule has 3 rings (SSSR count). The molecule has 0 atom stereocenters. The Morgan fingerprint density at radius 3 is 2.39 bits per heavy atom. The van der Waals surface area contributed by atoms with Crippen molar-refractivity contribution in [1.29, 1.82) is 0 Å². The molecule has 1 aromatic carbocycles. The molecule has 0 spiro atoms. The smallest absolute Gasteiger partial charge is 0.272 e. The molecule has 2 aromatic rings. The number of rotatable bonds is 6. The zero-order chi connectivity index (χ0) is 19.9. The van der Waals surface area contributed by atoms with Gasteiger partial charge in [-0.1, -0.05) is 30.3 Å². The Balaban J connectivity index is 1.55. The maximum absolute atomic E-state index is 12.8. The molecule has 2 amide bonds. The number of aryl methyl sites for hydroxylation is 2. The van der Waals surface area contributed by atoms with Gasteiger partial charge >= 0.3 is 0 Å². The van der Waals surface area contributed by atoms with Crippen LogP contribution in [0.5, 0.6) is 0 Å². The zero-order valence-electron chi connectivity index (χ0n) is 16.5. The zero-order valence-corrected chi connectivity index (χ0v) is 16.5. The average molecular weight is 381 g/mol. The minimum Gasteiger partial charge on any atom is -0.370 e. The number of hydrogen-bond donors (Lipinski definition) is 1. The predicted octanol–water partition coefficient (Wildman–Crippen LogP) is 2.13. The molecule has 28 heavy (non-hydrogen) atoms. The van der Waals surface area contributed by atoms with E-state index in [-0.39, 0.29) is 11.8 Å². The highest BCUT2D eigenvalue weighted by molar-refractivity contribution is 5.93. The van der Waals surface area contributed by atoms with Gasteiger partial charge in [-0.15, -0.1) is 0 Å². The van der Waals surface area contributed by atoms with Gasteiger partial charge in [0.1, 0.15) is 17.3 Å². The van der Waals surface area contributed by atoms with Crippen molar-refractivity contribution in [3.63, 3.8) is 0 Å². The summed E-state index contributed by atoms with van der Waals surface area (Å²) in [6, 6.07) is 12.1. The minimum absolute atomic E-state index is 0.0481. The number of nitrogens with one attached hydrogen (secondary N) is 1. The van der Waals surface area contributed by atoms with Crippen molar-refractivity contribution in [2.75, 3.05) is 38.0 Å². The van der Waals surface area contributed by atoms with Crippen molar-refractivity contribution < 1.29 is 9.59 Å². The minimum atomic E-state index is -0.110. The summed E-state index contributed by atoms with van der Waals surface area (Å²) >= 11 is 0. The SMILES string of the molecule is CC(=O)N1CCN(C(=O)c2cc(NCCCc3ccccc3)nc(C)n2)CC1. The predicted molar refractivity (Wildman–Crippen MR) is 108 cm³/mol. The Labute approximate surface area is 165 Å². The van der Waals surface area contributed by atoms with E-state index in [1.807, 2.05) is 18.2 Å². The van der Waals surface area contributed by atoms with Crippen LogP contribution >= 0.6 is 0 Å². The van der Waals surface area contributed by atoms with Gasteiger partial charge < -0.3 is 15.1 Å². The molecule has 1 aliphatic heterocycles. The third-order valence-electron chi connectivity index (χ3n) is 4.86. The molecular weight excluding hydrogens is 354 g/mol. The molecule has 0 saturated carbocycles. The summed E-state index contributed by atoms with van der Waals surface area (Å²) in [4.78, 5) is 36.5. The number of hydrogen-bond acceptors (Lipinski definition) is 5. The van der Waals surface area contributed by atoms with Gasteiger partial charge in [-0.3, -0.25) is 9.59 Å². The summed E-state index contributed by atoms with van der Waals surface area (Å²) in [5.74, 6) is 1.18. The number of amides is 2. The van der Waals surface area contributed by atoms with Crippen molar-refractivity contribution in [3.05, 3.63) is 53.5 Å². The lowest BCUT2D eigenvalue weighted by Crippen LogP contribution is -2.50. The second kappa shape index (κ2) is 9.30. The standard InChI is InChI=1S/C21H27N5O2/c1-16-23-19(21(28)26-13-11-25(12-14-26)17(2)27)15-20(24-16)22-10-6-9-18-7-4-3-5-8-18/h3-5,7-8,15H,6,9-14H2,1-2H3,(H,22,23,24). The lowest BCUT2D eigenvalue weighted by molar-refractivity contribution is -0.130. The number of anilines is 1. The normalized spacial score (nSPS) is 14.1. The van der Waals surface area contributed by atoms with E-state index in [4.69, 9.17) is 0 Å². The summed E-state index contributed by atoms with van der Waals surface area (Å²) < 4.78 is 0. The van der Waals surface area contributed by atoms with E-state index in [0.717, 1.165) is 19.4 Å². The fraction of sp³-hybridized carbons (Fsp3) is 0.429.